The van der Waals surface area contributed by atoms with Gasteiger partial charge >= 0.3 is 0 Å². The van der Waals surface area contributed by atoms with Gasteiger partial charge in [0, 0.05) is 43.4 Å². The molecule has 2 aromatic rings. The van der Waals surface area contributed by atoms with Gasteiger partial charge in [-0.2, -0.15) is 0 Å². The minimum absolute atomic E-state index is 0.586. The maximum Gasteiger partial charge on any atom is 0.212 e. The van der Waals surface area contributed by atoms with Gasteiger partial charge in [0.15, 0.2) is 0 Å². The molecule has 3 rings (SSSR count). The highest BCUT2D eigenvalue weighted by Gasteiger charge is 2.13. The molecule has 2 heterocycles. The number of hydrogen-bond acceptors (Lipinski definition) is 4. The molecule has 1 fully saturated rings. The molecule has 104 valence electrons. The molecule has 1 aliphatic rings. The van der Waals surface area contributed by atoms with Gasteiger partial charge in [-0.3, -0.25) is 4.79 Å². The molecule has 20 heavy (non-hydrogen) atoms. The molecule has 0 unspecified atom stereocenters. The second kappa shape index (κ2) is 5.46. The van der Waals surface area contributed by atoms with Gasteiger partial charge in [0.05, 0.1) is 0 Å². The van der Waals surface area contributed by atoms with Crippen LogP contribution in [-0.4, -0.2) is 37.6 Å². The fourth-order valence-electron chi connectivity index (χ4n) is 2.68. The van der Waals surface area contributed by atoms with Crippen LogP contribution < -0.4 is 15.5 Å². The van der Waals surface area contributed by atoms with E-state index in [9.17, 15) is 4.79 Å². The van der Waals surface area contributed by atoms with Gasteiger partial charge < -0.3 is 15.5 Å². The molecular weight excluding hydrogens is 252 g/mol. The topological polar surface area (TPSA) is 57.3 Å². The van der Waals surface area contributed by atoms with E-state index in [1.165, 1.54) is 11.3 Å². The van der Waals surface area contributed by atoms with Gasteiger partial charge in [0.1, 0.15) is 5.82 Å². The van der Waals surface area contributed by atoms with Crippen molar-refractivity contribution in [3.8, 4) is 0 Å². The summed E-state index contributed by atoms with van der Waals surface area (Å²) in [5.41, 5.74) is 2.53. The fraction of sp³-hybridized carbons (Fsp3) is 0.333. The lowest BCUT2D eigenvalue weighted by atomic mass is 10.1. The molecule has 1 aromatic heterocycles. The van der Waals surface area contributed by atoms with E-state index >= 15 is 0 Å². The standard InChI is InChI=1S/C15H18N4O/c1-11-6-13-9-17-15(18-10-20)8-12(13)7-14(11)19-4-2-16-3-5-19/h6-10,16H,2-5H2,1H3,(H,17,18,20). The van der Waals surface area contributed by atoms with Gasteiger partial charge in [-0.05, 0) is 36.1 Å². The molecule has 5 nitrogen and oxygen atoms in total. The quantitative estimate of drug-likeness (QED) is 0.830. The number of carbonyl (C=O) groups excluding carboxylic acids is 1. The lowest BCUT2D eigenvalue weighted by Crippen LogP contribution is -2.43. The van der Waals surface area contributed by atoms with Crippen molar-refractivity contribution in [2.45, 2.75) is 6.92 Å². The Hall–Kier alpha value is -2.14. The summed E-state index contributed by atoms with van der Waals surface area (Å²) in [7, 11) is 0. The zero-order chi connectivity index (χ0) is 13.9. The summed E-state index contributed by atoms with van der Waals surface area (Å²) in [6.45, 7) is 6.22. The van der Waals surface area contributed by atoms with Gasteiger partial charge in [0.2, 0.25) is 6.41 Å². The monoisotopic (exact) mass is 270 g/mol. The SMILES string of the molecule is Cc1cc2cnc(NC=O)cc2cc1N1CCNCC1. The van der Waals surface area contributed by atoms with E-state index in [0.29, 0.717) is 12.2 Å². The normalized spacial score (nSPS) is 15.3. The van der Waals surface area contributed by atoms with Gasteiger partial charge in [0.25, 0.3) is 0 Å². The van der Waals surface area contributed by atoms with Crippen molar-refractivity contribution in [2.75, 3.05) is 36.4 Å². The van der Waals surface area contributed by atoms with Crippen LogP contribution in [0.4, 0.5) is 11.5 Å². The highest BCUT2D eigenvalue weighted by molar-refractivity contribution is 5.89. The largest absolute Gasteiger partial charge is 0.369 e. The predicted molar refractivity (Wildman–Crippen MR) is 81.2 cm³/mol. The summed E-state index contributed by atoms with van der Waals surface area (Å²) in [4.78, 5) is 17.1. The van der Waals surface area contributed by atoms with Crippen molar-refractivity contribution in [3.63, 3.8) is 0 Å². The number of nitrogens with zero attached hydrogens (tertiary/aromatic N) is 2. The highest BCUT2D eigenvalue weighted by Crippen LogP contribution is 2.27. The Kier molecular flexibility index (Phi) is 3.52. The van der Waals surface area contributed by atoms with Crippen molar-refractivity contribution in [1.82, 2.24) is 10.3 Å². The van der Waals surface area contributed by atoms with E-state index in [0.717, 1.165) is 37.0 Å². The molecule has 0 spiro atoms. The second-order valence-corrected chi connectivity index (χ2v) is 5.05. The predicted octanol–water partition coefficient (Wildman–Crippen LogP) is 1.52. The molecule has 1 saturated heterocycles. The maximum absolute atomic E-state index is 10.5. The minimum Gasteiger partial charge on any atom is -0.369 e. The van der Waals surface area contributed by atoms with E-state index < -0.39 is 0 Å². The number of nitrogens with one attached hydrogen (secondary N) is 2. The second-order valence-electron chi connectivity index (χ2n) is 5.05. The van der Waals surface area contributed by atoms with Crippen LogP contribution in [0, 0.1) is 6.92 Å². The molecule has 1 amide bonds. The summed E-state index contributed by atoms with van der Waals surface area (Å²) < 4.78 is 0. The van der Waals surface area contributed by atoms with Crippen molar-refractivity contribution in [2.24, 2.45) is 0 Å². The van der Waals surface area contributed by atoms with Crippen molar-refractivity contribution >= 4 is 28.7 Å². The molecule has 0 radical (unpaired) electrons. The van der Waals surface area contributed by atoms with Crippen LogP contribution in [0.25, 0.3) is 10.8 Å². The molecule has 5 heteroatoms. The number of fused-ring (bicyclic) bond motifs is 1. The number of rotatable bonds is 3. The average molecular weight is 270 g/mol. The Bertz CT molecular complexity index is 635. The Balaban J connectivity index is 2.03. The third-order valence-electron chi connectivity index (χ3n) is 3.70. The Morgan fingerprint density at radius 1 is 1.25 bits per heavy atom. The number of amides is 1. The van der Waals surface area contributed by atoms with Crippen molar-refractivity contribution in [3.05, 3.63) is 30.0 Å². The van der Waals surface area contributed by atoms with Gasteiger partial charge in [-0.25, -0.2) is 4.98 Å². The van der Waals surface area contributed by atoms with Crippen molar-refractivity contribution < 1.29 is 4.79 Å². The van der Waals surface area contributed by atoms with E-state index in [1.54, 1.807) is 6.20 Å². The van der Waals surface area contributed by atoms with Crippen LogP contribution in [-0.2, 0) is 4.79 Å². The first kappa shape index (κ1) is 12.9. The zero-order valence-corrected chi connectivity index (χ0v) is 11.5. The molecule has 0 atom stereocenters. The van der Waals surface area contributed by atoms with E-state index in [-0.39, 0.29) is 0 Å². The number of piperazine rings is 1. The molecular formula is C15H18N4O. The van der Waals surface area contributed by atoms with Crippen LogP contribution in [0.3, 0.4) is 0 Å². The van der Waals surface area contributed by atoms with E-state index in [1.807, 2.05) is 6.07 Å². The minimum atomic E-state index is 0.586. The lowest BCUT2D eigenvalue weighted by molar-refractivity contribution is -0.105. The number of benzene rings is 1. The van der Waals surface area contributed by atoms with Crippen LogP contribution in [0.15, 0.2) is 24.4 Å². The number of aromatic nitrogens is 1. The summed E-state index contributed by atoms with van der Waals surface area (Å²) in [5, 5.41) is 8.16. The number of aryl methyl sites for hydroxylation is 1. The fourth-order valence-corrected chi connectivity index (χ4v) is 2.68. The number of carbonyl (C=O) groups is 1. The summed E-state index contributed by atoms with van der Waals surface area (Å²) in [6, 6.07) is 6.26. The van der Waals surface area contributed by atoms with Crippen LogP contribution in [0.2, 0.25) is 0 Å². The molecule has 2 N–H and O–H groups in total. The first-order valence-electron chi connectivity index (χ1n) is 6.84. The first-order valence-corrected chi connectivity index (χ1v) is 6.84. The van der Waals surface area contributed by atoms with Crippen LogP contribution in [0.5, 0.6) is 0 Å². The van der Waals surface area contributed by atoms with Crippen molar-refractivity contribution in [1.29, 1.82) is 0 Å². The van der Waals surface area contributed by atoms with E-state index in [2.05, 4.69) is 39.6 Å². The molecule has 1 aromatic carbocycles. The van der Waals surface area contributed by atoms with Gasteiger partial charge in [-0.1, -0.05) is 0 Å². The Labute approximate surface area is 118 Å². The Morgan fingerprint density at radius 2 is 2.05 bits per heavy atom. The Morgan fingerprint density at radius 3 is 2.80 bits per heavy atom. The molecule has 1 aliphatic heterocycles. The third-order valence-corrected chi connectivity index (χ3v) is 3.70. The zero-order valence-electron chi connectivity index (χ0n) is 11.5. The summed E-state index contributed by atoms with van der Waals surface area (Å²) >= 11 is 0. The molecule has 0 bridgehead atoms. The smallest absolute Gasteiger partial charge is 0.212 e. The highest BCUT2D eigenvalue weighted by atomic mass is 16.1. The van der Waals surface area contributed by atoms with Crippen LogP contribution in [0.1, 0.15) is 5.56 Å². The lowest BCUT2D eigenvalue weighted by Gasteiger charge is -2.31. The van der Waals surface area contributed by atoms with Gasteiger partial charge in [-0.15, -0.1) is 0 Å². The average Bonchev–Trinajstić information content (AvgIpc) is 2.48. The summed E-state index contributed by atoms with van der Waals surface area (Å²) in [6.07, 6.45) is 2.45. The van der Waals surface area contributed by atoms with Crippen LogP contribution >= 0.6 is 0 Å². The molecule has 0 aliphatic carbocycles. The first-order chi connectivity index (χ1) is 9.78. The summed E-state index contributed by atoms with van der Waals surface area (Å²) in [5.74, 6) is 0.586. The maximum atomic E-state index is 10.5. The molecule has 0 saturated carbocycles. The van der Waals surface area contributed by atoms with E-state index in [4.69, 9.17) is 0 Å². The number of hydrogen-bond donors (Lipinski definition) is 2. The number of anilines is 2. The third kappa shape index (κ3) is 2.44. The number of pyridine rings is 1.